The Morgan fingerprint density at radius 2 is 1.88 bits per heavy atom. The molecule has 0 amide bonds. The fourth-order valence-corrected chi connectivity index (χ4v) is 2.69. The predicted molar refractivity (Wildman–Crippen MR) is 102 cm³/mol. The van der Waals surface area contributed by atoms with Crippen molar-refractivity contribution in [3.63, 3.8) is 0 Å². The molecule has 2 aromatic carbocycles. The zero-order chi connectivity index (χ0) is 16.9. The van der Waals surface area contributed by atoms with E-state index in [0.717, 1.165) is 22.2 Å². The van der Waals surface area contributed by atoms with Gasteiger partial charge in [-0.3, -0.25) is 4.79 Å². The number of anilines is 1. The van der Waals surface area contributed by atoms with Gasteiger partial charge in [0.1, 0.15) is 0 Å². The normalized spacial score (nSPS) is 10.3. The number of carboxylic acids is 1. The Labute approximate surface area is 152 Å². The van der Waals surface area contributed by atoms with Crippen molar-refractivity contribution in [2.75, 3.05) is 11.9 Å². The number of nitrogens with one attached hydrogen (secondary N) is 1. The molecule has 3 rings (SSSR count). The zero-order valence-electron chi connectivity index (χ0n) is 13.9. The standard InChI is InChI=1S/C19H19N3O2.ClH/c1-13-12-17(21-22-19(13)20-11-5-10-18(23)24)16-9-4-7-14-6-2-3-8-15(14)16;/h2-4,6-9,12H,5,10-11H2,1H3,(H,20,22)(H,23,24);1H. The number of aryl methyl sites for hydroxylation is 1. The highest BCUT2D eigenvalue weighted by atomic mass is 35.5. The second kappa shape index (κ2) is 8.44. The number of carbonyl (C=O) groups is 1. The molecule has 0 aliphatic carbocycles. The number of halogens is 1. The first-order chi connectivity index (χ1) is 11.6. The van der Waals surface area contributed by atoms with Crippen LogP contribution in [0.2, 0.25) is 0 Å². The predicted octanol–water partition coefficient (Wildman–Crippen LogP) is 4.30. The fraction of sp³-hybridized carbons (Fsp3) is 0.211. The van der Waals surface area contributed by atoms with Gasteiger partial charge >= 0.3 is 5.97 Å². The minimum absolute atomic E-state index is 0. The quantitative estimate of drug-likeness (QED) is 0.643. The first-order valence-corrected chi connectivity index (χ1v) is 7.93. The Hall–Kier alpha value is -2.66. The van der Waals surface area contributed by atoms with Crippen LogP contribution in [0.3, 0.4) is 0 Å². The number of carboxylic acid groups (broad SMARTS) is 1. The molecule has 0 aliphatic heterocycles. The van der Waals surface area contributed by atoms with Crippen LogP contribution < -0.4 is 5.32 Å². The first-order valence-electron chi connectivity index (χ1n) is 7.93. The molecule has 0 fully saturated rings. The lowest BCUT2D eigenvalue weighted by atomic mass is 10.0. The van der Waals surface area contributed by atoms with Crippen molar-refractivity contribution in [3.8, 4) is 11.3 Å². The van der Waals surface area contributed by atoms with E-state index < -0.39 is 5.97 Å². The first kappa shape index (κ1) is 18.7. The van der Waals surface area contributed by atoms with Crippen LogP contribution in [0.4, 0.5) is 5.82 Å². The minimum Gasteiger partial charge on any atom is -0.481 e. The van der Waals surface area contributed by atoms with Gasteiger partial charge in [-0.2, -0.15) is 0 Å². The number of rotatable bonds is 6. The summed E-state index contributed by atoms with van der Waals surface area (Å²) in [7, 11) is 0. The third kappa shape index (κ3) is 4.45. The van der Waals surface area contributed by atoms with E-state index in [9.17, 15) is 4.79 Å². The maximum Gasteiger partial charge on any atom is 0.303 e. The van der Waals surface area contributed by atoms with E-state index in [1.165, 1.54) is 5.39 Å². The van der Waals surface area contributed by atoms with Gasteiger partial charge in [0, 0.05) is 18.5 Å². The van der Waals surface area contributed by atoms with Crippen molar-refractivity contribution in [2.24, 2.45) is 0 Å². The average Bonchev–Trinajstić information content (AvgIpc) is 2.59. The lowest BCUT2D eigenvalue weighted by molar-refractivity contribution is -0.137. The molecule has 130 valence electrons. The van der Waals surface area contributed by atoms with Crippen LogP contribution in [0.5, 0.6) is 0 Å². The molecule has 0 aliphatic rings. The maximum atomic E-state index is 10.5. The highest BCUT2D eigenvalue weighted by Crippen LogP contribution is 2.28. The monoisotopic (exact) mass is 357 g/mol. The average molecular weight is 358 g/mol. The molecule has 3 aromatic rings. The Bertz CT molecular complexity index is 878. The molecule has 1 heterocycles. The van der Waals surface area contributed by atoms with Crippen LogP contribution in [0.25, 0.3) is 22.0 Å². The van der Waals surface area contributed by atoms with Crippen LogP contribution >= 0.6 is 12.4 Å². The number of hydrogen-bond acceptors (Lipinski definition) is 4. The molecule has 25 heavy (non-hydrogen) atoms. The molecule has 1 aromatic heterocycles. The number of aromatic nitrogens is 2. The molecule has 0 bridgehead atoms. The second-order valence-corrected chi connectivity index (χ2v) is 5.71. The van der Waals surface area contributed by atoms with E-state index in [1.807, 2.05) is 37.3 Å². The second-order valence-electron chi connectivity index (χ2n) is 5.71. The SMILES string of the molecule is Cc1cc(-c2cccc3ccccc23)nnc1NCCCC(=O)O.Cl. The van der Waals surface area contributed by atoms with Crippen molar-refractivity contribution in [1.29, 1.82) is 0 Å². The van der Waals surface area contributed by atoms with E-state index in [-0.39, 0.29) is 18.8 Å². The largest absolute Gasteiger partial charge is 0.481 e. The molecule has 5 nitrogen and oxygen atoms in total. The van der Waals surface area contributed by atoms with Crippen molar-refractivity contribution in [3.05, 3.63) is 54.1 Å². The molecule has 0 saturated heterocycles. The molecule has 0 saturated carbocycles. The number of benzene rings is 2. The summed E-state index contributed by atoms with van der Waals surface area (Å²) < 4.78 is 0. The Kier molecular flexibility index (Phi) is 6.31. The summed E-state index contributed by atoms with van der Waals surface area (Å²) in [6.45, 7) is 2.54. The summed E-state index contributed by atoms with van der Waals surface area (Å²) in [4.78, 5) is 10.5. The van der Waals surface area contributed by atoms with Gasteiger partial charge in [-0.05, 0) is 35.7 Å². The molecule has 2 N–H and O–H groups in total. The van der Waals surface area contributed by atoms with Crippen LogP contribution in [0.15, 0.2) is 48.5 Å². The van der Waals surface area contributed by atoms with Crippen molar-refractivity contribution >= 4 is 35.0 Å². The van der Waals surface area contributed by atoms with E-state index in [2.05, 4.69) is 33.7 Å². The molecule has 0 atom stereocenters. The van der Waals surface area contributed by atoms with E-state index >= 15 is 0 Å². The summed E-state index contributed by atoms with van der Waals surface area (Å²) in [5, 5.41) is 22.7. The van der Waals surface area contributed by atoms with Gasteiger partial charge in [0.15, 0.2) is 5.82 Å². The molecule has 6 heteroatoms. The van der Waals surface area contributed by atoms with Gasteiger partial charge in [0.05, 0.1) is 5.69 Å². The van der Waals surface area contributed by atoms with E-state index in [1.54, 1.807) is 0 Å². The molecule has 0 unspecified atom stereocenters. The topological polar surface area (TPSA) is 75.1 Å². The molecule has 0 spiro atoms. The zero-order valence-corrected chi connectivity index (χ0v) is 14.7. The number of hydrogen-bond donors (Lipinski definition) is 2. The number of aliphatic carboxylic acids is 1. The lowest BCUT2D eigenvalue weighted by Gasteiger charge is -2.10. The van der Waals surface area contributed by atoms with Gasteiger partial charge < -0.3 is 10.4 Å². The smallest absolute Gasteiger partial charge is 0.303 e. The fourth-order valence-electron chi connectivity index (χ4n) is 2.69. The molecule has 0 radical (unpaired) electrons. The van der Waals surface area contributed by atoms with Crippen LogP contribution in [-0.4, -0.2) is 27.8 Å². The van der Waals surface area contributed by atoms with Gasteiger partial charge in [-0.25, -0.2) is 0 Å². The van der Waals surface area contributed by atoms with Crippen LogP contribution in [0, 0.1) is 6.92 Å². The summed E-state index contributed by atoms with van der Waals surface area (Å²) in [6, 6.07) is 16.4. The van der Waals surface area contributed by atoms with Crippen molar-refractivity contribution < 1.29 is 9.90 Å². The van der Waals surface area contributed by atoms with Crippen molar-refractivity contribution in [1.82, 2.24) is 10.2 Å². The number of fused-ring (bicyclic) bond motifs is 1. The third-order valence-corrected chi connectivity index (χ3v) is 3.91. The maximum absolute atomic E-state index is 10.5. The molecular formula is C19H20ClN3O2. The van der Waals surface area contributed by atoms with Gasteiger partial charge in [-0.1, -0.05) is 42.5 Å². The molecular weight excluding hydrogens is 338 g/mol. The Balaban J connectivity index is 0.00000225. The van der Waals surface area contributed by atoms with Gasteiger partial charge in [0.2, 0.25) is 0 Å². The summed E-state index contributed by atoms with van der Waals surface area (Å²) >= 11 is 0. The van der Waals surface area contributed by atoms with Gasteiger partial charge in [-0.15, -0.1) is 22.6 Å². The Morgan fingerprint density at radius 1 is 1.12 bits per heavy atom. The van der Waals surface area contributed by atoms with Gasteiger partial charge in [0.25, 0.3) is 0 Å². The third-order valence-electron chi connectivity index (χ3n) is 3.91. The highest BCUT2D eigenvalue weighted by Gasteiger charge is 2.08. The van der Waals surface area contributed by atoms with E-state index in [0.29, 0.717) is 18.8 Å². The van der Waals surface area contributed by atoms with Crippen LogP contribution in [-0.2, 0) is 4.79 Å². The minimum atomic E-state index is -0.786. The van der Waals surface area contributed by atoms with Crippen LogP contribution in [0.1, 0.15) is 18.4 Å². The number of nitrogens with zero attached hydrogens (tertiary/aromatic N) is 2. The summed E-state index contributed by atoms with van der Waals surface area (Å²) in [5.41, 5.74) is 2.88. The van der Waals surface area contributed by atoms with E-state index in [4.69, 9.17) is 5.11 Å². The lowest BCUT2D eigenvalue weighted by Crippen LogP contribution is -2.08. The summed E-state index contributed by atoms with van der Waals surface area (Å²) in [5.74, 6) is -0.0877. The Morgan fingerprint density at radius 3 is 2.64 bits per heavy atom. The summed E-state index contributed by atoms with van der Waals surface area (Å²) in [6.07, 6.45) is 0.703. The highest BCUT2D eigenvalue weighted by molar-refractivity contribution is 5.95. The van der Waals surface area contributed by atoms with Crippen molar-refractivity contribution in [2.45, 2.75) is 19.8 Å².